The Morgan fingerprint density at radius 1 is 1.30 bits per heavy atom. The highest BCUT2D eigenvalue weighted by Crippen LogP contribution is 2.17. The van der Waals surface area contributed by atoms with E-state index in [-0.39, 0.29) is 0 Å². The number of aryl methyl sites for hydroxylation is 1. The van der Waals surface area contributed by atoms with Crippen molar-refractivity contribution in [3.63, 3.8) is 0 Å². The number of rotatable bonds is 4. The molecule has 0 saturated heterocycles. The van der Waals surface area contributed by atoms with Gasteiger partial charge in [0.05, 0.1) is 17.7 Å². The summed E-state index contributed by atoms with van der Waals surface area (Å²) in [7, 11) is 0. The van der Waals surface area contributed by atoms with Crippen LogP contribution >= 0.6 is 11.3 Å². The maximum absolute atomic E-state index is 4.52. The summed E-state index contributed by atoms with van der Waals surface area (Å²) in [6.07, 6.45) is 3.50. The van der Waals surface area contributed by atoms with Crippen molar-refractivity contribution in [3.8, 4) is 11.4 Å². The lowest BCUT2D eigenvalue weighted by Gasteiger charge is -2.07. The van der Waals surface area contributed by atoms with E-state index in [4.69, 9.17) is 0 Å². The third kappa shape index (κ3) is 2.97. The summed E-state index contributed by atoms with van der Waals surface area (Å²) in [6, 6.07) is 5.75. The van der Waals surface area contributed by atoms with Crippen LogP contribution in [0.25, 0.3) is 11.4 Å². The first-order valence-electron chi connectivity index (χ1n) is 6.18. The maximum Gasteiger partial charge on any atom is 0.163 e. The molecule has 1 N–H and O–H groups in total. The molecule has 0 bridgehead atoms. The number of aromatic nitrogens is 4. The lowest BCUT2D eigenvalue weighted by molar-refractivity contribution is 1.03. The predicted octanol–water partition coefficient (Wildman–Crippen LogP) is 2.92. The Hall–Kier alpha value is -2.34. The standard InChI is InChI=1S/C14H13N5S/c1-10-5-13(16-7-12-8-20-9-17-12)19-14(18-10)11-3-2-4-15-6-11/h2-6,8-9H,7H2,1H3,(H,16,18,19). The molecule has 3 aromatic heterocycles. The normalized spacial score (nSPS) is 10.4. The molecular formula is C14H13N5S. The molecule has 0 amide bonds. The van der Waals surface area contributed by atoms with Gasteiger partial charge in [-0.2, -0.15) is 0 Å². The van der Waals surface area contributed by atoms with Gasteiger partial charge in [-0.05, 0) is 19.1 Å². The molecule has 0 unspecified atom stereocenters. The molecule has 5 nitrogen and oxygen atoms in total. The first-order valence-corrected chi connectivity index (χ1v) is 7.12. The Labute approximate surface area is 120 Å². The van der Waals surface area contributed by atoms with E-state index >= 15 is 0 Å². The molecule has 0 aliphatic heterocycles. The lowest BCUT2D eigenvalue weighted by Crippen LogP contribution is -2.04. The molecule has 3 rings (SSSR count). The van der Waals surface area contributed by atoms with Crippen molar-refractivity contribution >= 4 is 17.2 Å². The average molecular weight is 283 g/mol. The molecule has 3 aromatic rings. The molecule has 20 heavy (non-hydrogen) atoms. The fourth-order valence-electron chi connectivity index (χ4n) is 1.79. The zero-order valence-corrected chi connectivity index (χ0v) is 11.8. The van der Waals surface area contributed by atoms with Crippen LogP contribution in [-0.2, 0) is 6.54 Å². The van der Waals surface area contributed by atoms with Crippen molar-refractivity contribution < 1.29 is 0 Å². The van der Waals surface area contributed by atoms with Crippen molar-refractivity contribution in [1.82, 2.24) is 19.9 Å². The van der Waals surface area contributed by atoms with Gasteiger partial charge >= 0.3 is 0 Å². The van der Waals surface area contributed by atoms with Crippen LogP contribution in [0.2, 0.25) is 0 Å². The summed E-state index contributed by atoms with van der Waals surface area (Å²) >= 11 is 1.59. The van der Waals surface area contributed by atoms with Gasteiger partial charge < -0.3 is 5.32 Å². The third-order valence-corrected chi connectivity index (χ3v) is 3.34. The maximum atomic E-state index is 4.52. The van der Waals surface area contributed by atoms with Crippen LogP contribution in [0.4, 0.5) is 5.82 Å². The van der Waals surface area contributed by atoms with Crippen LogP contribution in [0.15, 0.2) is 41.5 Å². The second kappa shape index (κ2) is 5.75. The van der Waals surface area contributed by atoms with Crippen molar-refractivity contribution in [2.75, 3.05) is 5.32 Å². The van der Waals surface area contributed by atoms with Crippen LogP contribution in [0.5, 0.6) is 0 Å². The zero-order chi connectivity index (χ0) is 13.8. The first kappa shape index (κ1) is 12.7. The van der Waals surface area contributed by atoms with E-state index in [1.165, 1.54) is 0 Å². The molecule has 0 atom stereocenters. The highest BCUT2D eigenvalue weighted by molar-refractivity contribution is 7.07. The molecule has 6 heteroatoms. The molecule has 3 heterocycles. The number of nitrogens with zero attached hydrogens (tertiary/aromatic N) is 4. The monoisotopic (exact) mass is 283 g/mol. The molecule has 0 radical (unpaired) electrons. The van der Waals surface area contributed by atoms with Crippen LogP contribution in [0, 0.1) is 6.92 Å². The van der Waals surface area contributed by atoms with E-state index < -0.39 is 0 Å². The smallest absolute Gasteiger partial charge is 0.163 e. The van der Waals surface area contributed by atoms with Crippen molar-refractivity contribution in [3.05, 3.63) is 52.9 Å². The molecule has 0 saturated carbocycles. The fraction of sp³-hybridized carbons (Fsp3) is 0.143. The Morgan fingerprint density at radius 3 is 3.00 bits per heavy atom. The van der Waals surface area contributed by atoms with Crippen LogP contribution in [0.3, 0.4) is 0 Å². The largest absolute Gasteiger partial charge is 0.364 e. The molecule has 100 valence electrons. The minimum absolute atomic E-state index is 0.659. The Morgan fingerprint density at radius 2 is 2.25 bits per heavy atom. The highest BCUT2D eigenvalue weighted by Gasteiger charge is 2.05. The molecule has 0 spiro atoms. The van der Waals surface area contributed by atoms with Gasteiger partial charge in [0.25, 0.3) is 0 Å². The number of nitrogens with one attached hydrogen (secondary N) is 1. The summed E-state index contributed by atoms with van der Waals surface area (Å²) in [5.74, 6) is 1.48. The van der Waals surface area contributed by atoms with Crippen LogP contribution < -0.4 is 5.32 Å². The summed E-state index contributed by atoms with van der Waals surface area (Å²) in [6.45, 7) is 2.61. The van der Waals surface area contributed by atoms with Gasteiger partial charge in [-0.3, -0.25) is 4.98 Å². The summed E-state index contributed by atoms with van der Waals surface area (Å²) in [4.78, 5) is 17.3. The Bertz CT molecular complexity index is 682. The van der Waals surface area contributed by atoms with Gasteiger partial charge in [0.15, 0.2) is 5.82 Å². The SMILES string of the molecule is Cc1cc(NCc2cscn2)nc(-c2cccnc2)n1. The van der Waals surface area contributed by atoms with Crippen LogP contribution in [0.1, 0.15) is 11.4 Å². The van der Waals surface area contributed by atoms with Gasteiger partial charge in [-0.1, -0.05) is 0 Å². The molecule has 0 aromatic carbocycles. The number of thiazole rings is 1. The molecule has 0 aliphatic carbocycles. The fourth-order valence-corrected chi connectivity index (χ4v) is 2.35. The Balaban J connectivity index is 1.83. The first-order chi connectivity index (χ1) is 9.81. The van der Waals surface area contributed by atoms with E-state index in [1.807, 2.05) is 36.0 Å². The molecule has 0 aliphatic rings. The summed E-state index contributed by atoms with van der Waals surface area (Å²) in [5.41, 5.74) is 4.66. The minimum Gasteiger partial charge on any atom is -0.364 e. The van der Waals surface area contributed by atoms with Crippen molar-refractivity contribution in [1.29, 1.82) is 0 Å². The lowest BCUT2D eigenvalue weighted by atomic mass is 10.2. The molecule has 0 fully saturated rings. The number of anilines is 1. The molecular weight excluding hydrogens is 270 g/mol. The Kier molecular flexibility index (Phi) is 3.64. The second-order valence-electron chi connectivity index (χ2n) is 4.29. The van der Waals surface area contributed by atoms with Crippen molar-refractivity contribution in [2.45, 2.75) is 13.5 Å². The highest BCUT2D eigenvalue weighted by atomic mass is 32.1. The average Bonchev–Trinajstić information content (AvgIpc) is 2.99. The van der Waals surface area contributed by atoms with E-state index in [9.17, 15) is 0 Å². The topological polar surface area (TPSA) is 63.6 Å². The van der Waals surface area contributed by atoms with Crippen LogP contribution in [-0.4, -0.2) is 19.9 Å². The second-order valence-corrected chi connectivity index (χ2v) is 5.01. The van der Waals surface area contributed by atoms with Gasteiger partial charge in [0, 0.05) is 35.1 Å². The van der Waals surface area contributed by atoms with E-state index in [1.54, 1.807) is 23.7 Å². The van der Waals surface area contributed by atoms with E-state index in [2.05, 4.69) is 25.3 Å². The number of hydrogen-bond acceptors (Lipinski definition) is 6. The van der Waals surface area contributed by atoms with Gasteiger partial charge in [0.2, 0.25) is 0 Å². The number of hydrogen-bond donors (Lipinski definition) is 1. The zero-order valence-electron chi connectivity index (χ0n) is 10.9. The summed E-state index contributed by atoms with van der Waals surface area (Å²) < 4.78 is 0. The third-order valence-electron chi connectivity index (χ3n) is 2.71. The van der Waals surface area contributed by atoms with E-state index in [0.717, 1.165) is 22.8 Å². The predicted molar refractivity (Wildman–Crippen MR) is 79.4 cm³/mol. The van der Waals surface area contributed by atoms with Gasteiger partial charge in [-0.15, -0.1) is 11.3 Å². The minimum atomic E-state index is 0.659. The van der Waals surface area contributed by atoms with Gasteiger partial charge in [-0.25, -0.2) is 15.0 Å². The summed E-state index contributed by atoms with van der Waals surface area (Å²) in [5, 5.41) is 5.29. The number of pyridine rings is 1. The quantitative estimate of drug-likeness (QED) is 0.797. The van der Waals surface area contributed by atoms with Gasteiger partial charge in [0.1, 0.15) is 5.82 Å². The van der Waals surface area contributed by atoms with Crippen molar-refractivity contribution in [2.24, 2.45) is 0 Å². The van der Waals surface area contributed by atoms with E-state index in [0.29, 0.717) is 12.4 Å².